The molecule has 3 fully saturated rings. The average Bonchev–Trinajstić information content (AvgIpc) is 3.18. The fraction of sp³-hybridized carbons (Fsp3) is 0.538. The van der Waals surface area contributed by atoms with Gasteiger partial charge in [-0.25, -0.2) is 0 Å². The highest BCUT2D eigenvalue weighted by molar-refractivity contribution is 9.10. The second-order valence-corrected chi connectivity index (χ2v) is 13.9. The highest BCUT2D eigenvalue weighted by Crippen LogP contribution is 2.66. The normalized spacial score (nSPS) is 34.8. The maximum atomic E-state index is 13.8. The highest BCUT2D eigenvalue weighted by atomic mass is 79.9. The Morgan fingerprint density at radius 2 is 1.76 bits per heavy atom. The zero-order valence-corrected chi connectivity index (χ0v) is 25.7. The number of aromatic hydroxyl groups is 1. The average molecular weight is 693 g/mol. The number of halogens is 4. The Morgan fingerprint density at radius 3 is 2.34 bits per heavy atom. The Hall–Kier alpha value is -1.62. The molecule has 6 unspecified atom stereocenters. The van der Waals surface area contributed by atoms with Crippen molar-refractivity contribution in [3.63, 3.8) is 0 Å². The van der Waals surface area contributed by atoms with Crippen LogP contribution >= 0.6 is 55.1 Å². The van der Waals surface area contributed by atoms with E-state index in [0.29, 0.717) is 10.0 Å². The number of alkyl halides is 3. The van der Waals surface area contributed by atoms with Gasteiger partial charge in [0.1, 0.15) is 0 Å². The largest absolute Gasteiger partial charge is 0.504 e. The molecule has 8 nitrogen and oxygen atoms in total. The smallest absolute Gasteiger partial charge is 0.254 e. The summed E-state index contributed by atoms with van der Waals surface area (Å²) in [5.74, 6) is -5.27. The number of carbonyl (C=O) groups is 4. The van der Waals surface area contributed by atoms with Gasteiger partial charge in [0.05, 0.1) is 24.4 Å². The van der Waals surface area contributed by atoms with E-state index < -0.39 is 50.8 Å². The summed E-state index contributed by atoms with van der Waals surface area (Å²) in [4.78, 5) is 53.0. The van der Waals surface area contributed by atoms with E-state index in [2.05, 4.69) is 31.9 Å². The van der Waals surface area contributed by atoms with Gasteiger partial charge in [-0.2, -0.15) is 0 Å². The number of imide groups is 2. The molecule has 38 heavy (non-hydrogen) atoms. The number of nitrogens with zero attached hydrogens (tertiary/aromatic N) is 2. The Bertz CT molecular complexity index is 1330. The molecule has 6 atom stereocenters. The van der Waals surface area contributed by atoms with Crippen LogP contribution in [0.5, 0.6) is 11.5 Å². The lowest BCUT2D eigenvalue weighted by molar-refractivity contribution is -0.146. The van der Waals surface area contributed by atoms with Crippen molar-refractivity contribution in [1.82, 2.24) is 9.80 Å². The maximum Gasteiger partial charge on any atom is 0.254 e. The third-order valence-electron chi connectivity index (χ3n) is 8.29. The van der Waals surface area contributed by atoms with E-state index in [1.807, 2.05) is 6.08 Å². The molecule has 1 aromatic carbocycles. The quantitative estimate of drug-likeness (QED) is 0.214. The van der Waals surface area contributed by atoms with Crippen LogP contribution in [-0.2, 0) is 19.2 Å². The van der Waals surface area contributed by atoms with Crippen LogP contribution in [-0.4, -0.2) is 66.4 Å². The van der Waals surface area contributed by atoms with Crippen molar-refractivity contribution in [3.05, 3.63) is 33.8 Å². The number of ether oxygens (including phenoxy) is 1. The van der Waals surface area contributed by atoms with Gasteiger partial charge < -0.3 is 9.84 Å². The summed E-state index contributed by atoms with van der Waals surface area (Å²) in [7, 11) is 1.39. The molecule has 0 spiro atoms. The second-order valence-electron chi connectivity index (χ2n) is 11.2. The van der Waals surface area contributed by atoms with E-state index >= 15 is 0 Å². The molecule has 0 aromatic heterocycles. The van der Waals surface area contributed by atoms with Gasteiger partial charge in [0.25, 0.3) is 11.8 Å². The number of methoxy groups -OCH3 is 1. The number of amides is 4. The van der Waals surface area contributed by atoms with Crippen LogP contribution in [0.1, 0.15) is 45.1 Å². The minimum absolute atomic E-state index is 0.113. The summed E-state index contributed by atoms with van der Waals surface area (Å²) in [6.07, 6.45) is 1.97. The van der Waals surface area contributed by atoms with Gasteiger partial charge in [0, 0.05) is 21.5 Å². The first kappa shape index (κ1) is 27.9. The predicted molar refractivity (Wildman–Crippen MR) is 147 cm³/mol. The topological polar surface area (TPSA) is 104 Å². The first-order chi connectivity index (χ1) is 17.6. The number of carbonyl (C=O) groups excluding carboxylic acids is 4. The van der Waals surface area contributed by atoms with Crippen LogP contribution in [0.2, 0.25) is 0 Å². The van der Waals surface area contributed by atoms with E-state index in [1.54, 1.807) is 32.9 Å². The number of benzene rings is 1. The Labute approximate surface area is 246 Å². The van der Waals surface area contributed by atoms with Crippen LogP contribution in [0.3, 0.4) is 0 Å². The van der Waals surface area contributed by atoms with E-state index in [9.17, 15) is 24.3 Å². The zero-order chi connectivity index (χ0) is 28.1. The summed E-state index contributed by atoms with van der Waals surface area (Å²) >= 11 is 21.0. The van der Waals surface area contributed by atoms with E-state index in [0.717, 1.165) is 4.90 Å². The van der Waals surface area contributed by atoms with Gasteiger partial charge in [0.2, 0.25) is 11.8 Å². The Balaban J connectivity index is 1.77. The maximum absolute atomic E-state index is 13.8. The van der Waals surface area contributed by atoms with Crippen LogP contribution in [0.4, 0.5) is 0 Å². The minimum atomic E-state index is -2.01. The minimum Gasteiger partial charge on any atom is -0.504 e. The van der Waals surface area contributed by atoms with E-state index in [1.165, 1.54) is 12.0 Å². The van der Waals surface area contributed by atoms with E-state index in [-0.39, 0.29) is 47.2 Å². The molecule has 204 valence electrons. The number of allylic oxidation sites excluding steroid dienone is 2. The van der Waals surface area contributed by atoms with Gasteiger partial charge in [-0.05, 0) is 51.7 Å². The SMILES string of the molecule is COc1cc(Br)cc(C2C3=CCC4C(=O)N(C(C)(C)C)C(=O)C4C3CC3(Cl)C(=O)N(CBr)C(=O)C23Cl)c1O. The molecule has 12 heteroatoms. The molecule has 0 radical (unpaired) electrons. The van der Waals surface area contributed by atoms with Crippen molar-refractivity contribution in [1.29, 1.82) is 0 Å². The summed E-state index contributed by atoms with van der Waals surface area (Å²) in [5, 5.41) is 11.3. The Kier molecular flexibility index (Phi) is 6.57. The van der Waals surface area contributed by atoms with Crippen LogP contribution in [0.15, 0.2) is 28.3 Å². The van der Waals surface area contributed by atoms with Crippen molar-refractivity contribution >= 4 is 78.7 Å². The second kappa shape index (κ2) is 8.94. The van der Waals surface area contributed by atoms with Crippen molar-refractivity contribution in [3.8, 4) is 11.5 Å². The van der Waals surface area contributed by atoms with Gasteiger partial charge in [-0.3, -0.25) is 29.0 Å². The monoisotopic (exact) mass is 690 g/mol. The molecule has 4 aliphatic rings. The molecule has 2 aliphatic heterocycles. The fourth-order valence-electron chi connectivity index (χ4n) is 6.73. The van der Waals surface area contributed by atoms with Crippen LogP contribution in [0.25, 0.3) is 0 Å². The molecular weight excluding hydrogens is 667 g/mol. The molecule has 5 rings (SSSR count). The summed E-state index contributed by atoms with van der Waals surface area (Å²) in [5.41, 5.74) is -0.0367. The fourth-order valence-corrected chi connectivity index (χ4v) is 8.60. The van der Waals surface area contributed by atoms with Gasteiger partial charge in [0.15, 0.2) is 21.2 Å². The zero-order valence-electron chi connectivity index (χ0n) is 21.1. The molecule has 2 aliphatic carbocycles. The summed E-state index contributed by atoms with van der Waals surface area (Å²) < 4.78 is 5.90. The van der Waals surface area contributed by atoms with Crippen molar-refractivity contribution in [2.75, 3.05) is 12.6 Å². The van der Waals surface area contributed by atoms with Crippen LogP contribution in [0, 0.1) is 17.8 Å². The number of phenolic OH excluding ortho intramolecular Hbond substituents is 1. The molecular formula is C26H26Br2Cl2N2O6. The molecule has 4 amide bonds. The third kappa shape index (κ3) is 3.45. The van der Waals surface area contributed by atoms with Crippen molar-refractivity contribution in [2.24, 2.45) is 17.8 Å². The lowest BCUT2D eigenvalue weighted by Crippen LogP contribution is -2.60. The molecule has 1 saturated carbocycles. The number of hydrogen-bond donors (Lipinski definition) is 1. The van der Waals surface area contributed by atoms with Gasteiger partial charge >= 0.3 is 0 Å². The summed E-state index contributed by atoms with van der Waals surface area (Å²) in [6.45, 7) is 5.39. The lowest BCUT2D eigenvalue weighted by atomic mass is 9.56. The van der Waals surface area contributed by atoms with Gasteiger partial charge in [-0.15, -0.1) is 23.2 Å². The van der Waals surface area contributed by atoms with Crippen molar-refractivity contribution < 1.29 is 29.0 Å². The number of likely N-dealkylation sites (tertiary alicyclic amines) is 2. The van der Waals surface area contributed by atoms with E-state index in [4.69, 9.17) is 27.9 Å². The third-order valence-corrected chi connectivity index (χ3v) is 10.7. The van der Waals surface area contributed by atoms with Gasteiger partial charge in [-0.1, -0.05) is 43.5 Å². The predicted octanol–water partition coefficient (Wildman–Crippen LogP) is 4.67. The summed E-state index contributed by atoms with van der Waals surface area (Å²) in [6, 6.07) is 3.17. The first-order valence-electron chi connectivity index (χ1n) is 12.1. The first-order valence-corrected chi connectivity index (χ1v) is 14.8. The molecule has 1 N–H and O–H groups in total. The highest BCUT2D eigenvalue weighted by Gasteiger charge is 2.76. The number of phenols is 1. The lowest BCUT2D eigenvalue weighted by Gasteiger charge is -2.50. The standard InChI is InChI=1S/C26H26Br2Cl2N2O6/c1-24(2,3)32-20(34)13-6-5-12-15(17(13)21(32)35)9-25(29)22(36)31(10-27)23(37)26(25,30)18(12)14-7-11(28)8-16(38-4)19(14)33/h5,7-8,13,15,17-18,33H,6,9-10H2,1-4H3. The molecule has 2 saturated heterocycles. The van der Waals surface area contributed by atoms with Crippen molar-refractivity contribution in [2.45, 2.75) is 54.8 Å². The molecule has 0 bridgehead atoms. The Morgan fingerprint density at radius 1 is 1.11 bits per heavy atom. The molecule has 1 aromatic rings. The molecule has 2 heterocycles. The number of rotatable bonds is 3. The number of fused-ring (bicyclic) bond motifs is 4. The van der Waals surface area contributed by atoms with Crippen LogP contribution < -0.4 is 4.74 Å². The number of hydrogen-bond acceptors (Lipinski definition) is 6.